The first-order valence-corrected chi connectivity index (χ1v) is 7.45. The van der Waals surface area contributed by atoms with Crippen molar-refractivity contribution in [3.63, 3.8) is 0 Å². The van der Waals surface area contributed by atoms with E-state index in [1.807, 2.05) is 25.1 Å². The quantitative estimate of drug-likeness (QED) is 0.835. The number of benzene rings is 1. The molecule has 1 aliphatic rings. The first kappa shape index (κ1) is 15.4. The number of fused-ring (bicyclic) bond motifs is 1. The molecule has 1 aromatic rings. The molecule has 2 amide bonds. The topological polar surface area (TPSA) is 61.4 Å². The van der Waals surface area contributed by atoms with Crippen molar-refractivity contribution in [2.45, 2.75) is 25.7 Å². The summed E-state index contributed by atoms with van der Waals surface area (Å²) in [6, 6.07) is 8.06. The Morgan fingerprint density at radius 3 is 2.90 bits per heavy atom. The van der Waals surface area contributed by atoms with Gasteiger partial charge in [-0.2, -0.15) is 0 Å². The van der Waals surface area contributed by atoms with E-state index in [9.17, 15) is 9.59 Å². The lowest BCUT2D eigenvalue weighted by molar-refractivity contribution is -0.135. The van der Waals surface area contributed by atoms with Gasteiger partial charge < -0.3 is 15.5 Å². The number of hydrogen-bond acceptors (Lipinski definition) is 3. The van der Waals surface area contributed by atoms with Crippen molar-refractivity contribution >= 4 is 17.5 Å². The third-order valence-corrected chi connectivity index (χ3v) is 3.74. The number of rotatable bonds is 6. The van der Waals surface area contributed by atoms with Gasteiger partial charge in [-0.15, -0.1) is 0 Å². The number of amides is 2. The third-order valence-electron chi connectivity index (χ3n) is 3.74. The number of carbonyl (C=O) groups is 2. The minimum atomic E-state index is -0.0994. The average molecular weight is 289 g/mol. The zero-order valence-corrected chi connectivity index (χ0v) is 12.7. The van der Waals surface area contributed by atoms with Crippen LogP contribution in [0.15, 0.2) is 24.3 Å². The van der Waals surface area contributed by atoms with Crippen LogP contribution in [0.4, 0.5) is 5.69 Å². The molecule has 1 atom stereocenters. The van der Waals surface area contributed by atoms with E-state index in [0.717, 1.165) is 18.7 Å². The molecule has 1 aliphatic heterocycles. The maximum atomic E-state index is 12.2. The standard InChI is InChI=1S/C16H23N3O2/c1-3-8-17-15(20)11-19(2)16(21)9-12-10-18-14-7-5-4-6-13(12)14/h4-7,12,18H,3,8-11H2,1-2H3,(H,17,20). The maximum Gasteiger partial charge on any atom is 0.239 e. The molecule has 5 heteroatoms. The van der Waals surface area contributed by atoms with E-state index < -0.39 is 0 Å². The molecular formula is C16H23N3O2. The summed E-state index contributed by atoms with van der Waals surface area (Å²) in [6.07, 6.45) is 1.33. The van der Waals surface area contributed by atoms with Gasteiger partial charge in [0.2, 0.25) is 11.8 Å². The molecule has 0 fully saturated rings. The summed E-state index contributed by atoms with van der Waals surface area (Å²) in [7, 11) is 1.68. The fraction of sp³-hybridized carbons (Fsp3) is 0.500. The van der Waals surface area contributed by atoms with Gasteiger partial charge in [0.15, 0.2) is 0 Å². The highest BCUT2D eigenvalue weighted by atomic mass is 16.2. The molecule has 2 N–H and O–H groups in total. The lowest BCUT2D eigenvalue weighted by atomic mass is 9.97. The minimum absolute atomic E-state index is 0.00477. The highest BCUT2D eigenvalue weighted by molar-refractivity contribution is 5.85. The second-order valence-electron chi connectivity index (χ2n) is 5.47. The molecule has 1 unspecified atom stereocenters. The average Bonchev–Trinajstić information content (AvgIpc) is 2.88. The van der Waals surface area contributed by atoms with Crippen LogP contribution in [-0.2, 0) is 9.59 Å². The van der Waals surface area contributed by atoms with E-state index in [0.29, 0.717) is 13.0 Å². The predicted molar refractivity (Wildman–Crippen MR) is 83.2 cm³/mol. The van der Waals surface area contributed by atoms with Gasteiger partial charge in [0, 0.05) is 38.2 Å². The summed E-state index contributed by atoms with van der Waals surface area (Å²) < 4.78 is 0. The number of hydrogen-bond donors (Lipinski definition) is 2. The van der Waals surface area contributed by atoms with Crippen LogP contribution >= 0.6 is 0 Å². The highest BCUT2D eigenvalue weighted by Crippen LogP contribution is 2.33. The van der Waals surface area contributed by atoms with Crippen LogP contribution in [0.3, 0.4) is 0 Å². The van der Waals surface area contributed by atoms with Gasteiger partial charge in [0.1, 0.15) is 0 Å². The predicted octanol–water partition coefficient (Wildman–Crippen LogP) is 1.57. The van der Waals surface area contributed by atoms with Crippen molar-refractivity contribution in [1.29, 1.82) is 0 Å². The van der Waals surface area contributed by atoms with E-state index in [2.05, 4.69) is 16.7 Å². The van der Waals surface area contributed by atoms with Gasteiger partial charge in [0.05, 0.1) is 6.54 Å². The van der Waals surface area contributed by atoms with Gasteiger partial charge in [-0.25, -0.2) is 0 Å². The first-order chi connectivity index (χ1) is 10.1. The number of likely N-dealkylation sites (N-methyl/N-ethyl adjacent to an activating group) is 1. The smallest absolute Gasteiger partial charge is 0.239 e. The molecular weight excluding hydrogens is 266 g/mol. The molecule has 114 valence electrons. The Hall–Kier alpha value is -2.04. The van der Waals surface area contributed by atoms with Crippen molar-refractivity contribution in [1.82, 2.24) is 10.2 Å². The molecule has 0 bridgehead atoms. The Morgan fingerprint density at radius 1 is 1.38 bits per heavy atom. The summed E-state index contributed by atoms with van der Waals surface area (Å²) in [6.45, 7) is 3.56. The van der Waals surface area contributed by atoms with Gasteiger partial charge in [-0.05, 0) is 18.1 Å². The van der Waals surface area contributed by atoms with Gasteiger partial charge in [0.25, 0.3) is 0 Å². The summed E-state index contributed by atoms with van der Waals surface area (Å²) in [5.74, 6) is 0.0950. The molecule has 0 aliphatic carbocycles. The Morgan fingerprint density at radius 2 is 2.14 bits per heavy atom. The molecule has 2 rings (SSSR count). The van der Waals surface area contributed by atoms with Gasteiger partial charge >= 0.3 is 0 Å². The lowest BCUT2D eigenvalue weighted by Gasteiger charge is -2.19. The van der Waals surface area contributed by atoms with Crippen molar-refractivity contribution in [2.24, 2.45) is 0 Å². The zero-order valence-electron chi connectivity index (χ0n) is 12.7. The van der Waals surface area contributed by atoms with E-state index in [-0.39, 0.29) is 24.3 Å². The highest BCUT2D eigenvalue weighted by Gasteiger charge is 2.25. The molecule has 0 radical (unpaired) electrons. The summed E-state index contributed by atoms with van der Waals surface area (Å²) >= 11 is 0. The van der Waals surface area contributed by atoms with Crippen molar-refractivity contribution in [3.8, 4) is 0 Å². The lowest BCUT2D eigenvalue weighted by Crippen LogP contribution is -2.39. The maximum absolute atomic E-state index is 12.2. The van der Waals surface area contributed by atoms with Crippen LogP contribution in [0, 0.1) is 0 Å². The van der Waals surface area contributed by atoms with Crippen LogP contribution in [0.1, 0.15) is 31.2 Å². The van der Waals surface area contributed by atoms with Gasteiger partial charge in [-0.3, -0.25) is 9.59 Å². The molecule has 0 spiro atoms. The van der Waals surface area contributed by atoms with Crippen LogP contribution < -0.4 is 10.6 Å². The number of anilines is 1. The van der Waals surface area contributed by atoms with Crippen LogP contribution in [-0.4, -0.2) is 43.4 Å². The largest absolute Gasteiger partial charge is 0.384 e. The fourth-order valence-corrected chi connectivity index (χ4v) is 2.53. The fourth-order valence-electron chi connectivity index (χ4n) is 2.53. The van der Waals surface area contributed by atoms with E-state index >= 15 is 0 Å². The first-order valence-electron chi connectivity index (χ1n) is 7.45. The van der Waals surface area contributed by atoms with Crippen LogP contribution in [0.5, 0.6) is 0 Å². The zero-order chi connectivity index (χ0) is 15.2. The monoisotopic (exact) mass is 289 g/mol. The Labute approximate surface area is 125 Å². The van der Waals surface area contributed by atoms with E-state index in [1.165, 1.54) is 10.5 Å². The van der Waals surface area contributed by atoms with E-state index in [4.69, 9.17) is 0 Å². The number of nitrogens with one attached hydrogen (secondary N) is 2. The summed E-state index contributed by atoms with van der Waals surface area (Å²) in [5.41, 5.74) is 2.30. The van der Waals surface area contributed by atoms with Crippen molar-refractivity contribution < 1.29 is 9.59 Å². The minimum Gasteiger partial charge on any atom is -0.384 e. The number of carbonyl (C=O) groups excluding carboxylic acids is 2. The van der Waals surface area contributed by atoms with E-state index in [1.54, 1.807) is 7.05 Å². The second-order valence-corrected chi connectivity index (χ2v) is 5.47. The molecule has 21 heavy (non-hydrogen) atoms. The second kappa shape index (κ2) is 7.11. The van der Waals surface area contributed by atoms with Gasteiger partial charge in [-0.1, -0.05) is 25.1 Å². The van der Waals surface area contributed by atoms with Crippen LogP contribution in [0.25, 0.3) is 0 Å². The SMILES string of the molecule is CCCNC(=O)CN(C)C(=O)CC1CNc2ccccc21. The number of nitrogens with zero attached hydrogens (tertiary/aromatic N) is 1. The third kappa shape index (κ3) is 3.97. The van der Waals surface area contributed by atoms with Crippen LogP contribution in [0.2, 0.25) is 0 Å². The summed E-state index contributed by atoms with van der Waals surface area (Å²) in [5, 5.41) is 6.10. The number of para-hydroxylation sites is 1. The molecule has 0 aromatic heterocycles. The molecule has 0 saturated heterocycles. The summed E-state index contributed by atoms with van der Waals surface area (Å²) in [4.78, 5) is 25.4. The molecule has 1 heterocycles. The normalized spacial score (nSPS) is 16.0. The molecule has 1 aromatic carbocycles. The Balaban J connectivity index is 1.86. The van der Waals surface area contributed by atoms with Crippen molar-refractivity contribution in [3.05, 3.63) is 29.8 Å². The Kier molecular flexibility index (Phi) is 5.20. The Bertz CT molecular complexity index is 516. The van der Waals surface area contributed by atoms with Crippen molar-refractivity contribution in [2.75, 3.05) is 32.0 Å². The molecule has 0 saturated carbocycles. The molecule has 5 nitrogen and oxygen atoms in total.